The van der Waals surface area contributed by atoms with Crippen LogP contribution in [0.15, 0.2) is 23.2 Å². The molecule has 1 N–H and O–H groups in total. The lowest BCUT2D eigenvalue weighted by Crippen LogP contribution is -2.38. The minimum absolute atomic E-state index is 0.00110. The van der Waals surface area contributed by atoms with Crippen LogP contribution in [0.25, 0.3) is 0 Å². The molecular formula is C16H16Cl2N2O5S2. The van der Waals surface area contributed by atoms with Crippen LogP contribution < -0.4 is 4.90 Å². The molecule has 2 fully saturated rings. The third kappa shape index (κ3) is 4.77. The Hall–Kier alpha value is -1.29. The van der Waals surface area contributed by atoms with E-state index in [-0.39, 0.29) is 42.1 Å². The fourth-order valence-electron chi connectivity index (χ4n) is 3.07. The molecule has 0 aromatic heterocycles. The molecule has 11 heteroatoms. The first-order chi connectivity index (χ1) is 12.7. The van der Waals surface area contributed by atoms with E-state index in [1.54, 1.807) is 23.1 Å². The lowest BCUT2D eigenvalue weighted by atomic mass is 10.2. The van der Waals surface area contributed by atoms with Gasteiger partial charge in [-0.05, 0) is 24.6 Å². The number of anilines is 1. The molecule has 27 heavy (non-hydrogen) atoms. The first-order valence-corrected chi connectivity index (χ1v) is 11.6. The smallest absolute Gasteiger partial charge is 0.303 e. The molecule has 2 heterocycles. The summed E-state index contributed by atoms with van der Waals surface area (Å²) >= 11 is 13.6. The van der Waals surface area contributed by atoms with Gasteiger partial charge in [-0.3, -0.25) is 9.59 Å². The van der Waals surface area contributed by atoms with Crippen molar-refractivity contribution in [1.29, 1.82) is 0 Å². The maximum atomic E-state index is 12.2. The van der Waals surface area contributed by atoms with Crippen molar-refractivity contribution in [3.05, 3.63) is 28.2 Å². The van der Waals surface area contributed by atoms with Crippen molar-refractivity contribution in [1.82, 2.24) is 0 Å². The third-order valence-electron chi connectivity index (χ3n) is 4.24. The number of aliphatic imine (C=N–C) groups is 1. The number of hydrogen-bond acceptors (Lipinski definition) is 5. The highest BCUT2D eigenvalue weighted by atomic mass is 35.5. The number of amides is 1. The fraction of sp³-hybridized carbons (Fsp3) is 0.438. The molecule has 1 amide bonds. The van der Waals surface area contributed by atoms with Crippen LogP contribution in [0.2, 0.25) is 10.0 Å². The topological polar surface area (TPSA) is 104 Å². The number of rotatable bonds is 5. The average Bonchev–Trinajstić information content (AvgIpc) is 3.00. The molecule has 1 aromatic rings. The predicted molar refractivity (Wildman–Crippen MR) is 107 cm³/mol. The van der Waals surface area contributed by atoms with Crippen molar-refractivity contribution in [2.75, 3.05) is 16.4 Å². The molecular weight excluding hydrogens is 435 g/mol. The molecule has 0 aliphatic carbocycles. The van der Waals surface area contributed by atoms with Gasteiger partial charge in [0.15, 0.2) is 15.0 Å². The predicted octanol–water partition coefficient (Wildman–Crippen LogP) is 2.85. The Labute approximate surface area is 170 Å². The molecule has 2 saturated heterocycles. The molecule has 3 rings (SSSR count). The van der Waals surface area contributed by atoms with E-state index >= 15 is 0 Å². The summed E-state index contributed by atoms with van der Waals surface area (Å²) in [6, 6.07) is 4.45. The first kappa shape index (κ1) is 20.4. The Morgan fingerprint density at radius 2 is 2.00 bits per heavy atom. The molecule has 1 aromatic carbocycles. The first-order valence-electron chi connectivity index (χ1n) is 8.11. The van der Waals surface area contributed by atoms with Crippen LogP contribution in [0.5, 0.6) is 0 Å². The van der Waals surface area contributed by atoms with Crippen LogP contribution in [0.4, 0.5) is 5.69 Å². The van der Waals surface area contributed by atoms with E-state index in [4.69, 9.17) is 28.3 Å². The van der Waals surface area contributed by atoms with Gasteiger partial charge in [-0.25, -0.2) is 8.42 Å². The van der Waals surface area contributed by atoms with E-state index in [2.05, 4.69) is 4.99 Å². The molecule has 2 aliphatic rings. The van der Waals surface area contributed by atoms with Gasteiger partial charge < -0.3 is 10.0 Å². The molecule has 0 spiro atoms. The largest absolute Gasteiger partial charge is 0.481 e. The lowest BCUT2D eigenvalue weighted by Gasteiger charge is -2.25. The summed E-state index contributed by atoms with van der Waals surface area (Å²) in [5.74, 6) is -1.48. The quantitative estimate of drug-likeness (QED) is 0.734. The Morgan fingerprint density at radius 3 is 2.70 bits per heavy atom. The summed E-state index contributed by atoms with van der Waals surface area (Å²) in [5.41, 5.74) is 0.498. The van der Waals surface area contributed by atoms with Crippen LogP contribution in [0, 0.1) is 0 Å². The molecule has 0 unspecified atom stereocenters. The second-order valence-electron chi connectivity index (χ2n) is 6.30. The van der Waals surface area contributed by atoms with E-state index in [0.717, 1.165) is 0 Å². The number of carboxylic acid groups (broad SMARTS) is 1. The number of nitrogens with zero attached hydrogens (tertiary/aromatic N) is 2. The summed E-state index contributed by atoms with van der Waals surface area (Å²) in [7, 11) is -3.19. The Balaban J connectivity index is 1.91. The van der Waals surface area contributed by atoms with Gasteiger partial charge in [-0.15, -0.1) is 0 Å². The van der Waals surface area contributed by atoms with E-state index in [9.17, 15) is 18.0 Å². The van der Waals surface area contributed by atoms with Crippen molar-refractivity contribution in [2.45, 2.75) is 30.6 Å². The molecule has 2 atom stereocenters. The molecule has 0 saturated carbocycles. The van der Waals surface area contributed by atoms with Crippen LogP contribution in [-0.2, 0) is 19.4 Å². The minimum Gasteiger partial charge on any atom is -0.481 e. The number of carbonyl (C=O) groups excluding carboxylic acids is 1. The van der Waals surface area contributed by atoms with Crippen molar-refractivity contribution in [3.8, 4) is 0 Å². The van der Waals surface area contributed by atoms with Crippen molar-refractivity contribution in [3.63, 3.8) is 0 Å². The zero-order valence-corrected chi connectivity index (χ0v) is 17.1. The Morgan fingerprint density at radius 1 is 1.26 bits per heavy atom. The van der Waals surface area contributed by atoms with Crippen LogP contribution >= 0.6 is 35.0 Å². The number of halogens is 2. The molecule has 146 valence electrons. The summed E-state index contributed by atoms with van der Waals surface area (Å²) in [5, 5.41) is 9.58. The SMILES string of the molecule is O=C(O)CCCC(=O)N=C1S[C@H]2CS(=O)(=O)C[C@H]2N1c1cc(Cl)ccc1Cl. The number of sulfone groups is 1. The number of carboxylic acids is 1. The number of carbonyl (C=O) groups is 2. The summed E-state index contributed by atoms with van der Waals surface area (Å²) < 4.78 is 24.1. The number of fused-ring (bicyclic) bond motifs is 1. The number of thioether (sulfide) groups is 1. The van der Waals surface area contributed by atoms with Gasteiger partial charge >= 0.3 is 5.97 Å². The highest BCUT2D eigenvalue weighted by molar-refractivity contribution is 8.16. The fourth-order valence-corrected chi connectivity index (χ4v) is 7.37. The summed E-state index contributed by atoms with van der Waals surface area (Å²) in [6.45, 7) is 0. The van der Waals surface area contributed by atoms with Gasteiger partial charge in [0.05, 0.1) is 28.3 Å². The van der Waals surface area contributed by atoms with Gasteiger partial charge in [-0.2, -0.15) is 4.99 Å². The minimum atomic E-state index is -3.19. The summed E-state index contributed by atoms with van der Waals surface area (Å²) in [6.07, 6.45) is 0.0763. The van der Waals surface area contributed by atoms with E-state index in [0.29, 0.717) is 20.9 Å². The summed E-state index contributed by atoms with van der Waals surface area (Å²) in [4.78, 5) is 28.5. The van der Waals surface area contributed by atoms with Crippen LogP contribution in [0.1, 0.15) is 19.3 Å². The second kappa shape index (κ2) is 7.98. The maximum Gasteiger partial charge on any atom is 0.303 e. The number of amidine groups is 1. The average molecular weight is 451 g/mol. The number of aliphatic carboxylic acids is 1. The maximum absolute atomic E-state index is 12.2. The molecule has 0 bridgehead atoms. The van der Waals surface area contributed by atoms with Crippen LogP contribution in [-0.4, -0.2) is 53.4 Å². The third-order valence-corrected chi connectivity index (χ3v) is 8.00. The molecule has 0 radical (unpaired) electrons. The number of benzene rings is 1. The highest BCUT2D eigenvalue weighted by Gasteiger charge is 2.49. The van der Waals surface area contributed by atoms with Gasteiger partial charge in [0.25, 0.3) is 0 Å². The van der Waals surface area contributed by atoms with E-state index in [1.165, 1.54) is 11.8 Å². The molecule has 7 nitrogen and oxygen atoms in total. The van der Waals surface area contributed by atoms with Gasteiger partial charge in [0.2, 0.25) is 5.91 Å². The van der Waals surface area contributed by atoms with Gasteiger partial charge in [-0.1, -0.05) is 35.0 Å². The van der Waals surface area contributed by atoms with Crippen molar-refractivity contribution < 1.29 is 23.1 Å². The zero-order chi connectivity index (χ0) is 19.8. The van der Waals surface area contributed by atoms with Gasteiger partial charge in [0.1, 0.15) is 0 Å². The Kier molecular flexibility index (Phi) is 6.05. The van der Waals surface area contributed by atoms with Crippen molar-refractivity contribution >= 4 is 67.5 Å². The molecule has 2 aliphatic heterocycles. The standard InChI is InChI=1S/C16H16Cl2N2O5S2/c17-9-4-5-10(18)11(6-9)20-12-7-27(24,25)8-13(12)26-16(20)19-14(21)2-1-3-15(22)23/h4-6,12-13H,1-3,7-8H2,(H,22,23)/t12-,13+/m1/s1. The highest BCUT2D eigenvalue weighted by Crippen LogP contribution is 2.43. The Bertz CT molecular complexity index is 919. The van der Waals surface area contributed by atoms with Crippen LogP contribution in [0.3, 0.4) is 0 Å². The lowest BCUT2D eigenvalue weighted by molar-refractivity contribution is -0.137. The number of hydrogen-bond donors (Lipinski definition) is 1. The second-order valence-corrected chi connectivity index (χ2v) is 10.5. The van der Waals surface area contributed by atoms with E-state index in [1.807, 2.05) is 0 Å². The van der Waals surface area contributed by atoms with E-state index < -0.39 is 21.7 Å². The zero-order valence-electron chi connectivity index (χ0n) is 14.0. The van der Waals surface area contributed by atoms with Gasteiger partial charge in [0, 0.05) is 23.1 Å². The van der Waals surface area contributed by atoms with Crippen molar-refractivity contribution in [2.24, 2.45) is 4.99 Å². The normalized spacial score (nSPS) is 25.0. The monoisotopic (exact) mass is 450 g/mol.